The molecule has 0 saturated carbocycles. The normalized spacial score (nSPS) is 24.9. The Kier molecular flexibility index (Phi) is 3.40. The van der Waals surface area contributed by atoms with E-state index in [0.29, 0.717) is 12.2 Å². The molecule has 0 radical (unpaired) electrons. The van der Waals surface area contributed by atoms with E-state index in [0.717, 1.165) is 36.5 Å². The molecule has 2 heterocycles. The summed E-state index contributed by atoms with van der Waals surface area (Å²) in [5.74, 6) is 0.307. The zero-order valence-corrected chi connectivity index (χ0v) is 10.7. The number of hydrogen-bond donors (Lipinski definition) is 1. The summed E-state index contributed by atoms with van der Waals surface area (Å²) in [6.07, 6.45) is 3.46. The summed E-state index contributed by atoms with van der Waals surface area (Å²) >= 11 is 1.59. The molecule has 1 aromatic heterocycles. The number of thiazole rings is 1. The number of aryl methyl sites for hydroxylation is 1. The van der Waals surface area contributed by atoms with Crippen LogP contribution in [0.5, 0.6) is 0 Å². The number of aromatic nitrogens is 1. The van der Waals surface area contributed by atoms with E-state index in [9.17, 15) is 4.79 Å². The standard InChI is InChI=1S/C12H18N2OS/c1-3-12(5-4-6-13-12)10(15)7-11-14-9(2)8-16-11/h8,13H,3-7H2,1-2H3. The van der Waals surface area contributed by atoms with Gasteiger partial charge in [0.15, 0.2) is 5.78 Å². The quantitative estimate of drug-likeness (QED) is 0.873. The maximum Gasteiger partial charge on any atom is 0.159 e. The van der Waals surface area contributed by atoms with E-state index in [1.54, 1.807) is 11.3 Å². The van der Waals surface area contributed by atoms with Crippen molar-refractivity contribution >= 4 is 17.1 Å². The Morgan fingerprint density at radius 3 is 3.00 bits per heavy atom. The maximum atomic E-state index is 12.3. The number of nitrogens with one attached hydrogen (secondary N) is 1. The van der Waals surface area contributed by atoms with E-state index in [1.165, 1.54) is 0 Å². The van der Waals surface area contributed by atoms with Crippen LogP contribution >= 0.6 is 11.3 Å². The van der Waals surface area contributed by atoms with E-state index in [-0.39, 0.29) is 5.54 Å². The zero-order valence-electron chi connectivity index (χ0n) is 9.88. The second kappa shape index (κ2) is 4.63. The number of carbonyl (C=O) groups excluding carboxylic acids is 1. The van der Waals surface area contributed by atoms with Gasteiger partial charge in [-0.15, -0.1) is 11.3 Å². The molecule has 0 bridgehead atoms. The van der Waals surface area contributed by atoms with Gasteiger partial charge in [-0.25, -0.2) is 4.98 Å². The van der Waals surface area contributed by atoms with Gasteiger partial charge in [0, 0.05) is 11.1 Å². The molecule has 88 valence electrons. The van der Waals surface area contributed by atoms with Crippen LogP contribution in [0, 0.1) is 6.92 Å². The lowest BCUT2D eigenvalue weighted by Crippen LogP contribution is -2.47. The second-order valence-corrected chi connectivity index (χ2v) is 5.39. The molecule has 0 aliphatic carbocycles. The average Bonchev–Trinajstić information content (AvgIpc) is 2.88. The molecule has 1 N–H and O–H groups in total. The summed E-state index contributed by atoms with van der Waals surface area (Å²) in [5.41, 5.74) is 0.747. The summed E-state index contributed by atoms with van der Waals surface area (Å²) in [5, 5.41) is 6.33. The highest BCUT2D eigenvalue weighted by Crippen LogP contribution is 2.26. The van der Waals surface area contributed by atoms with Crippen molar-refractivity contribution in [2.75, 3.05) is 6.54 Å². The van der Waals surface area contributed by atoms with Crippen LogP contribution in [-0.4, -0.2) is 22.9 Å². The summed E-state index contributed by atoms with van der Waals surface area (Å²) < 4.78 is 0. The predicted molar refractivity (Wildman–Crippen MR) is 65.8 cm³/mol. The predicted octanol–water partition coefficient (Wildman–Crippen LogP) is 2.10. The number of Topliss-reactive ketones (excluding diaryl/α,β-unsaturated/α-hetero) is 1. The molecule has 1 fully saturated rings. The van der Waals surface area contributed by atoms with E-state index >= 15 is 0 Å². The number of hydrogen-bond acceptors (Lipinski definition) is 4. The van der Waals surface area contributed by atoms with E-state index in [4.69, 9.17) is 0 Å². The second-order valence-electron chi connectivity index (χ2n) is 4.45. The van der Waals surface area contributed by atoms with Crippen LogP contribution in [0.1, 0.15) is 36.9 Å². The minimum absolute atomic E-state index is 0.264. The van der Waals surface area contributed by atoms with Gasteiger partial charge in [0.25, 0.3) is 0 Å². The van der Waals surface area contributed by atoms with Crippen LogP contribution < -0.4 is 5.32 Å². The molecule has 16 heavy (non-hydrogen) atoms. The highest BCUT2D eigenvalue weighted by Gasteiger charge is 2.38. The monoisotopic (exact) mass is 238 g/mol. The Morgan fingerprint density at radius 1 is 1.69 bits per heavy atom. The van der Waals surface area contributed by atoms with Gasteiger partial charge >= 0.3 is 0 Å². The van der Waals surface area contributed by atoms with Crippen LogP contribution in [-0.2, 0) is 11.2 Å². The fourth-order valence-corrected chi connectivity index (χ4v) is 3.10. The lowest BCUT2D eigenvalue weighted by atomic mass is 9.88. The SMILES string of the molecule is CCC1(C(=O)Cc2nc(C)cs2)CCCN1. The molecule has 1 aliphatic heterocycles. The van der Waals surface area contributed by atoms with E-state index < -0.39 is 0 Å². The van der Waals surface area contributed by atoms with Gasteiger partial charge in [0.1, 0.15) is 5.01 Å². The van der Waals surface area contributed by atoms with E-state index in [2.05, 4.69) is 17.2 Å². The van der Waals surface area contributed by atoms with Gasteiger partial charge in [-0.3, -0.25) is 4.79 Å². The third kappa shape index (κ3) is 2.18. The summed E-state index contributed by atoms with van der Waals surface area (Å²) in [6.45, 7) is 5.02. The van der Waals surface area contributed by atoms with Crippen molar-refractivity contribution in [3.8, 4) is 0 Å². The molecular formula is C12H18N2OS. The van der Waals surface area contributed by atoms with Crippen molar-refractivity contribution in [3.63, 3.8) is 0 Å². The first-order valence-corrected chi connectivity index (χ1v) is 6.73. The van der Waals surface area contributed by atoms with Gasteiger partial charge in [-0.2, -0.15) is 0 Å². The highest BCUT2D eigenvalue weighted by atomic mass is 32.1. The Labute approximate surface area is 100 Å². The minimum Gasteiger partial charge on any atom is -0.305 e. The van der Waals surface area contributed by atoms with Crippen LogP contribution in [0.25, 0.3) is 0 Å². The molecule has 2 rings (SSSR count). The van der Waals surface area contributed by atoms with Crippen molar-refractivity contribution in [1.82, 2.24) is 10.3 Å². The summed E-state index contributed by atoms with van der Waals surface area (Å²) in [7, 11) is 0. The molecule has 4 heteroatoms. The summed E-state index contributed by atoms with van der Waals surface area (Å²) in [4.78, 5) is 16.6. The largest absolute Gasteiger partial charge is 0.305 e. The fourth-order valence-electron chi connectivity index (χ4n) is 2.33. The number of nitrogens with zero attached hydrogens (tertiary/aromatic N) is 1. The molecular weight excluding hydrogens is 220 g/mol. The fraction of sp³-hybridized carbons (Fsp3) is 0.667. The summed E-state index contributed by atoms with van der Waals surface area (Å²) in [6, 6.07) is 0. The van der Waals surface area contributed by atoms with Gasteiger partial charge < -0.3 is 5.32 Å². The third-order valence-corrected chi connectivity index (χ3v) is 4.33. The van der Waals surface area contributed by atoms with Crippen LogP contribution in [0.15, 0.2) is 5.38 Å². The molecule has 1 unspecified atom stereocenters. The van der Waals surface area contributed by atoms with Gasteiger partial charge in [-0.05, 0) is 32.7 Å². The van der Waals surface area contributed by atoms with Gasteiger partial charge in [-0.1, -0.05) is 6.92 Å². The van der Waals surface area contributed by atoms with Crippen LogP contribution in [0.3, 0.4) is 0 Å². The molecule has 3 nitrogen and oxygen atoms in total. The Hall–Kier alpha value is -0.740. The molecule has 0 spiro atoms. The Morgan fingerprint density at radius 2 is 2.50 bits per heavy atom. The smallest absolute Gasteiger partial charge is 0.159 e. The lowest BCUT2D eigenvalue weighted by Gasteiger charge is -2.25. The van der Waals surface area contributed by atoms with Crippen LogP contribution in [0.2, 0.25) is 0 Å². The highest BCUT2D eigenvalue weighted by molar-refractivity contribution is 7.09. The number of rotatable bonds is 4. The van der Waals surface area contributed by atoms with Crippen molar-refractivity contribution < 1.29 is 4.79 Å². The number of carbonyl (C=O) groups is 1. The lowest BCUT2D eigenvalue weighted by molar-refractivity contribution is -0.124. The minimum atomic E-state index is -0.264. The average molecular weight is 238 g/mol. The molecule has 1 aliphatic rings. The topological polar surface area (TPSA) is 42.0 Å². The molecule has 1 saturated heterocycles. The van der Waals surface area contributed by atoms with Crippen molar-refractivity contribution in [2.45, 2.75) is 45.1 Å². The Bertz CT molecular complexity index is 380. The molecule has 0 amide bonds. The van der Waals surface area contributed by atoms with Crippen molar-refractivity contribution in [2.24, 2.45) is 0 Å². The zero-order chi connectivity index (χ0) is 11.6. The molecule has 0 aromatic carbocycles. The van der Waals surface area contributed by atoms with Crippen LogP contribution in [0.4, 0.5) is 0 Å². The van der Waals surface area contributed by atoms with Gasteiger partial charge in [0.05, 0.1) is 12.0 Å². The number of ketones is 1. The first-order chi connectivity index (χ1) is 7.66. The van der Waals surface area contributed by atoms with Gasteiger partial charge in [0.2, 0.25) is 0 Å². The third-order valence-electron chi connectivity index (χ3n) is 3.36. The Balaban J connectivity index is 2.07. The van der Waals surface area contributed by atoms with Crippen molar-refractivity contribution in [3.05, 3.63) is 16.1 Å². The van der Waals surface area contributed by atoms with E-state index in [1.807, 2.05) is 12.3 Å². The first kappa shape index (κ1) is 11.7. The van der Waals surface area contributed by atoms with Crippen molar-refractivity contribution in [1.29, 1.82) is 0 Å². The molecule has 1 aromatic rings. The molecule has 1 atom stereocenters. The first-order valence-electron chi connectivity index (χ1n) is 5.85. The maximum absolute atomic E-state index is 12.3.